The molecular formula is C11H17N. The van der Waals surface area contributed by atoms with E-state index in [4.69, 9.17) is 5.73 Å². The van der Waals surface area contributed by atoms with Crippen molar-refractivity contribution in [3.8, 4) is 0 Å². The topological polar surface area (TPSA) is 26.0 Å². The Morgan fingerprint density at radius 1 is 1.17 bits per heavy atom. The number of benzene rings is 1. The first-order chi connectivity index (χ1) is 5.70. The predicted octanol–water partition coefficient (Wildman–Crippen LogP) is 2.21. The van der Waals surface area contributed by atoms with Gasteiger partial charge in [0.25, 0.3) is 0 Å². The molecular weight excluding hydrogens is 146 g/mol. The van der Waals surface area contributed by atoms with Crippen molar-refractivity contribution in [2.75, 3.05) is 0 Å². The zero-order chi connectivity index (χ0) is 8.97. The first-order valence-corrected chi connectivity index (χ1v) is 4.49. The number of rotatable bonds is 3. The summed E-state index contributed by atoms with van der Waals surface area (Å²) in [6, 6.07) is 10.8. The Bertz CT molecular complexity index is 216. The summed E-state index contributed by atoms with van der Waals surface area (Å²) in [5, 5.41) is 0. The molecule has 0 saturated heterocycles. The van der Waals surface area contributed by atoms with Crippen LogP contribution >= 0.6 is 0 Å². The highest BCUT2D eigenvalue weighted by Crippen LogP contribution is 2.09. The fourth-order valence-corrected chi connectivity index (χ4v) is 1.17. The molecule has 1 heteroatoms. The third kappa shape index (κ3) is 2.67. The largest absolute Gasteiger partial charge is 0.328 e. The molecule has 0 spiro atoms. The first kappa shape index (κ1) is 9.27. The predicted molar refractivity (Wildman–Crippen MR) is 53.0 cm³/mol. The van der Waals surface area contributed by atoms with Gasteiger partial charge in [0.1, 0.15) is 0 Å². The smallest absolute Gasteiger partial charge is 0.00393 e. The van der Waals surface area contributed by atoms with Gasteiger partial charge in [-0.05, 0) is 24.8 Å². The second kappa shape index (κ2) is 4.27. The van der Waals surface area contributed by atoms with E-state index in [1.54, 1.807) is 0 Å². The van der Waals surface area contributed by atoms with Crippen molar-refractivity contribution < 1.29 is 0 Å². The average Bonchev–Trinajstić information content (AvgIpc) is 2.06. The third-order valence-electron chi connectivity index (χ3n) is 2.30. The van der Waals surface area contributed by atoms with E-state index in [2.05, 4.69) is 38.1 Å². The number of hydrogen-bond acceptors (Lipinski definition) is 1. The Kier molecular flexibility index (Phi) is 3.30. The lowest BCUT2D eigenvalue weighted by Crippen LogP contribution is -2.25. The van der Waals surface area contributed by atoms with E-state index in [1.165, 1.54) is 5.56 Å². The minimum absolute atomic E-state index is 0.283. The molecule has 66 valence electrons. The van der Waals surface area contributed by atoms with Crippen LogP contribution < -0.4 is 5.73 Å². The highest BCUT2D eigenvalue weighted by molar-refractivity contribution is 5.15. The second-order valence-corrected chi connectivity index (χ2v) is 3.53. The number of hydrogen-bond donors (Lipinski definition) is 1. The van der Waals surface area contributed by atoms with E-state index >= 15 is 0 Å². The first-order valence-electron chi connectivity index (χ1n) is 4.49. The SMILES string of the molecule is C[C@H](Cc1ccccc1)[C@@H](C)N. The van der Waals surface area contributed by atoms with E-state index < -0.39 is 0 Å². The highest BCUT2D eigenvalue weighted by Gasteiger charge is 2.07. The van der Waals surface area contributed by atoms with Gasteiger partial charge < -0.3 is 5.73 Å². The summed E-state index contributed by atoms with van der Waals surface area (Å²) in [4.78, 5) is 0. The van der Waals surface area contributed by atoms with Crippen LogP contribution in [0.1, 0.15) is 19.4 Å². The second-order valence-electron chi connectivity index (χ2n) is 3.53. The lowest BCUT2D eigenvalue weighted by Gasteiger charge is -2.14. The van der Waals surface area contributed by atoms with Gasteiger partial charge in [0.2, 0.25) is 0 Å². The van der Waals surface area contributed by atoms with Crippen LogP contribution in [0.4, 0.5) is 0 Å². The normalized spacial score (nSPS) is 15.6. The molecule has 0 aliphatic heterocycles. The molecule has 0 radical (unpaired) electrons. The van der Waals surface area contributed by atoms with E-state index in [0.717, 1.165) is 6.42 Å². The highest BCUT2D eigenvalue weighted by atomic mass is 14.6. The number of nitrogens with two attached hydrogens (primary N) is 1. The van der Waals surface area contributed by atoms with Crippen LogP contribution in [0.2, 0.25) is 0 Å². The summed E-state index contributed by atoms with van der Waals surface area (Å²) >= 11 is 0. The van der Waals surface area contributed by atoms with Gasteiger partial charge in [0, 0.05) is 6.04 Å². The summed E-state index contributed by atoms with van der Waals surface area (Å²) in [6.07, 6.45) is 1.08. The molecule has 12 heavy (non-hydrogen) atoms. The lowest BCUT2D eigenvalue weighted by atomic mass is 9.96. The van der Waals surface area contributed by atoms with Crippen LogP contribution in [0.25, 0.3) is 0 Å². The maximum Gasteiger partial charge on any atom is 0.00393 e. The third-order valence-corrected chi connectivity index (χ3v) is 2.30. The van der Waals surface area contributed by atoms with Gasteiger partial charge in [-0.1, -0.05) is 37.3 Å². The van der Waals surface area contributed by atoms with E-state index in [9.17, 15) is 0 Å². The maximum absolute atomic E-state index is 5.78. The van der Waals surface area contributed by atoms with Crippen LogP contribution in [0, 0.1) is 5.92 Å². The van der Waals surface area contributed by atoms with Crippen molar-refractivity contribution in [3.05, 3.63) is 35.9 Å². The van der Waals surface area contributed by atoms with E-state index in [1.807, 2.05) is 6.07 Å². The van der Waals surface area contributed by atoms with E-state index in [-0.39, 0.29) is 6.04 Å². The van der Waals surface area contributed by atoms with Crippen molar-refractivity contribution >= 4 is 0 Å². The van der Waals surface area contributed by atoms with Crippen LogP contribution in [0.15, 0.2) is 30.3 Å². The lowest BCUT2D eigenvalue weighted by molar-refractivity contribution is 0.482. The molecule has 0 saturated carbocycles. The molecule has 0 amide bonds. The molecule has 0 heterocycles. The summed E-state index contributed by atoms with van der Waals surface area (Å²) in [6.45, 7) is 4.26. The summed E-state index contributed by atoms with van der Waals surface area (Å²) < 4.78 is 0. The van der Waals surface area contributed by atoms with Gasteiger partial charge in [-0.15, -0.1) is 0 Å². The quantitative estimate of drug-likeness (QED) is 0.726. The van der Waals surface area contributed by atoms with Crippen molar-refractivity contribution in [3.63, 3.8) is 0 Å². The Morgan fingerprint density at radius 3 is 2.25 bits per heavy atom. The Morgan fingerprint density at radius 2 is 1.75 bits per heavy atom. The summed E-state index contributed by atoms with van der Waals surface area (Å²) in [7, 11) is 0. The van der Waals surface area contributed by atoms with Crippen molar-refractivity contribution in [1.29, 1.82) is 0 Å². The Labute approximate surface area is 74.6 Å². The van der Waals surface area contributed by atoms with Gasteiger partial charge in [-0.3, -0.25) is 0 Å². The zero-order valence-corrected chi connectivity index (χ0v) is 7.83. The summed E-state index contributed by atoms with van der Waals surface area (Å²) in [5.74, 6) is 0.562. The summed E-state index contributed by atoms with van der Waals surface area (Å²) in [5.41, 5.74) is 7.16. The molecule has 1 rings (SSSR count). The molecule has 0 aliphatic carbocycles. The average molecular weight is 163 g/mol. The van der Waals surface area contributed by atoms with Crippen LogP contribution in [-0.4, -0.2) is 6.04 Å². The maximum atomic E-state index is 5.78. The molecule has 0 aliphatic rings. The van der Waals surface area contributed by atoms with Gasteiger partial charge in [-0.2, -0.15) is 0 Å². The zero-order valence-electron chi connectivity index (χ0n) is 7.83. The Balaban J connectivity index is 2.53. The molecule has 1 nitrogen and oxygen atoms in total. The monoisotopic (exact) mass is 163 g/mol. The van der Waals surface area contributed by atoms with Gasteiger partial charge in [0.15, 0.2) is 0 Å². The molecule has 2 N–H and O–H groups in total. The molecule has 1 aromatic rings. The molecule has 0 unspecified atom stereocenters. The Hall–Kier alpha value is -0.820. The molecule has 1 aromatic carbocycles. The van der Waals surface area contributed by atoms with Crippen LogP contribution in [0.5, 0.6) is 0 Å². The molecule has 0 fully saturated rings. The fraction of sp³-hybridized carbons (Fsp3) is 0.455. The van der Waals surface area contributed by atoms with Crippen LogP contribution in [-0.2, 0) is 6.42 Å². The van der Waals surface area contributed by atoms with Gasteiger partial charge in [-0.25, -0.2) is 0 Å². The van der Waals surface area contributed by atoms with Crippen molar-refractivity contribution in [1.82, 2.24) is 0 Å². The molecule has 0 bridgehead atoms. The van der Waals surface area contributed by atoms with Gasteiger partial charge in [0.05, 0.1) is 0 Å². The van der Waals surface area contributed by atoms with Crippen molar-refractivity contribution in [2.24, 2.45) is 11.7 Å². The van der Waals surface area contributed by atoms with Crippen molar-refractivity contribution in [2.45, 2.75) is 26.3 Å². The van der Waals surface area contributed by atoms with Gasteiger partial charge >= 0.3 is 0 Å². The van der Waals surface area contributed by atoms with Crippen LogP contribution in [0.3, 0.4) is 0 Å². The standard InChI is InChI=1S/C11H17N/c1-9(10(2)12)8-11-6-4-3-5-7-11/h3-7,9-10H,8,12H2,1-2H3/t9-,10-/m1/s1. The fourth-order valence-electron chi connectivity index (χ4n) is 1.17. The van der Waals surface area contributed by atoms with E-state index in [0.29, 0.717) is 5.92 Å². The minimum atomic E-state index is 0.283. The minimum Gasteiger partial charge on any atom is -0.328 e. The molecule has 0 aromatic heterocycles. The molecule has 2 atom stereocenters.